The van der Waals surface area contributed by atoms with Crippen LogP contribution in [0.5, 0.6) is 5.75 Å². The number of likely N-dealkylation sites (N-methyl/N-ethyl adjacent to an activating group) is 1. The van der Waals surface area contributed by atoms with E-state index in [9.17, 15) is 4.79 Å². The Labute approximate surface area is 142 Å². The molecule has 0 aliphatic carbocycles. The SMILES string of the molecule is Cc1ccc(OCCN(C)CC(=O)NC(C)c2cccs2)cc1. The van der Waals surface area contributed by atoms with Crippen LogP contribution in [0.2, 0.25) is 0 Å². The maximum Gasteiger partial charge on any atom is 0.234 e. The standard InChI is InChI=1S/C18H24N2O2S/c1-14-6-8-16(9-7-14)22-11-10-20(3)13-18(21)19-15(2)17-5-4-12-23-17/h4-9,12,15H,10-11,13H2,1-3H3,(H,19,21). The third-order valence-electron chi connectivity index (χ3n) is 3.52. The highest BCUT2D eigenvalue weighted by molar-refractivity contribution is 7.10. The Bertz CT molecular complexity index is 596. The van der Waals surface area contributed by atoms with Gasteiger partial charge in [-0.2, -0.15) is 0 Å². The summed E-state index contributed by atoms with van der Waals surface area (Å²) in [4.78, 5) is 15.2. The minimum atomic E-state index is 0.0312. The first-order valence-corrected chi connectivity index (χ1v) is 8.63. The van der Waals surface area contributed by atoms with Gasteiger partial charge < -0.3 is 10.1 Å². The van der Waals surface area contributed by atoms with E-state index in [4.69, 9.17) is 4.74 Å². The molecule has 1 aromatic carbocycles. The van der Waals surface area contributed by atoms with Crippen LogP contribution in [-0.4, -0.2) is 37.6 Å². The Hall–Kier alpha value is -1.85. The van der Waals surface area contributed by atoms with E-state index in [1.54, 1.807) is 11.3 Å². The second-order valence-corrected chi connectivity index (χ2v) is 6.68. The topological polar surface area (TPSA) is 41.6 Å². The summed E-state index contributed by atoms with van der Waals surface area (Å²) in [6.45, 7) is 5.69. The van der Waals surface area contributed by atoms with Gasteiger partial charge in [-0.3, -0.25) is 9.69 Å². The molecule has 0 saturated heterocycles. The molecular weight excluding hydrogens is 308 g/mol. The number of hydrogen-bond acceptors (Lipinski definition) is 4. The number of carbonyl (C=O) groups excluding carboxylic acids is 1. The molecule has 4 nitrogen and oxygen atoms in total. The van der Waals surface area contributed by atoms with Crippen molar-refractivity contribution >= 4 is 17.2 Å². The first-order chi connectivity index (χ1) is 11.0. The van der Waals surface area contributed by atoms with E-state index in [1.165, 1.54) is 10.4 Å². The van der Waals surface area contributed by atoms with Crippen LogP contribution in [0.4, 0.5) is 0 Å². The molecule has 1 N–H and O–H groups in total. The highest BCUT2D eigenvalue weighted by Gasteiger charge is 2.12. The molecule has 1 unspecified atom stereocenters. The Morgan fingerprint density at radius 2 is 2.04 bits per heavy atom. The number of thiophene rings is 1. The minimum Gasteiger partial charge on any atom is -0.492 e. The molecular formula is C18H24N2O2S. The van der Waals surface area contributed by atoms with E-state index >= 15 is 0 Å². The lowest BCUT2D eigenvalue weighted by molar-refractivity contribution is -0.122. The lowest BCUT2D eigenvalue weighted by atomic mass is 10.2. The maximum absolute atomic E-state index is 12.0. The predicted molar refractivity (Wildman–Crippen MR) is 95.0 cm³/mol. The highest BCUT2D eigenvalue weighted by atomic mass is 32.1. The summed E-state index contributed by atoms with van der Waals surface area (Å²) >= 11 is 1.66. The largest absolute Gasteiger partial charge is 0.492 e. The molecule has 1 atom stereocenters. The zero-order valence-electron chi connectivity index (χ0n) is 13.9. The molecule has 2 rings (SSSR count). The summed E-state index contributed by atoms with van der Waals surface area (Å²) in [6.07, 6.45) is 0. The summed E-state index contributed by atoms with van der Waals surface area (Å²) in [5.41, 5.74) is 1.21. The van der Waals surface area contributed by atoms with Gasteiger partial charge in [-0.25, -0.2) is 0 Å². The van der Waals surface area contributed by atoms with Gasteiger partial charge in [0.15, 0.2) is 0 Å². The Morgan fingerprint density at radius 3 is 2.70 bits per heavy atom. The van der Waals surface area contributed by atoms with Crippen LogP contribution < -0.4 is 10.1 Å². The maximum atomic E-state index is 12.0. The van der Waals surface area contributed by atoms with Crippen molar-refractivity contribution in [2.45, 2.75) is 19.9 Å². The molecule has 0 aliphatic rings. The number of nitrogens with zero attached hydrogens (tertiary/aromatic N) is 1. The number of aryl methyl sites for hydroxylation is 1. The van der Waals surface area contributed by atoms with E-state index in [0.29, 0.717) is 19.7 Å². The van der Waals surface area contributed by atoms with Gasteiger partial charge in [0.2, 0.25) is 5.91 Å². The first-order valence-electron chi connectivity index (χ1n) is 7.75. The third kappa shape index (κ3) is 6.04. The van der Waals surface area contributed by atoms with Crippen molar-refractivity contribution in [2.75, 3.05) is 26.7 Å². The van der Waals surface area contributed by atoms with Crippen LogP contribution in [0.3, 0.4) is 0 Å². The average molecular weight is 332 g/mol. The van der Waals surface area contributed by atoms with Crippen molar-refractivity contribution in [3.63, 3.8) is 0 Å². The summed E-state index contributed by atoms with van der Waals surface area (Å²) in [5, 5.41) is 5.04. The van der Waals surface area contributed by atoms with E-state index in [1.807, 2.05) is 67.6 Å². The second-order valence-electron chi connectivity index (χ2n) is 5.70. The van der Waals surface area contributed by atoms with Gasteiger partial charge in [-0.1, -0.05) is 23.8 Å². The molecule has 1 amide bonds. The first kappa shape index (κ1) is 17.5. The van der Waals surface area contributed by atoms with Crippen LogP contribution in [0.1, 0.15) is 23.4 Å². The molecule has 1 aromatic heterocycles. The lowest BCUT2D eigenvalue weighted by Gasteiger charge is -2.18. The fourth-order valence-corrected chi connectivity index (χ4v) is 2.91. The number of ether oxygens (including phenoxy) is 1. The van der Waals surface area contributed by atoms with Crippen molar-refractivity contribution in [1.82, 2.24) is 10.2 Å². The number of nitrogens with one attached hydrogen (secondary N) is 1. The molecule has 0 spiro atoms. The monoisotopic (exact) mass is 332 g/mol. The molecule has 0 bridgehead atoms. The third-order valence-corrected chi connectivity index (χ3v) is 4.58. The number of rotatable bonds is 8. The van der Waals surface area contributed by atoms with Crippen molar-refractivity contribution in [3.05, 3.63) is 52.2 Å². The number of carbonyl (C=O) groups is 1. The van der Waals surface area contributed by atoms with Gasteiger partial charge in [0.1, 0.15) is 12.4 Å². The molecule has 2 aromatic rings. The molecule has 124 valence electrons. The Balaban J connectivity index is 1.66. The van der Waals surface area contributed by atoms with E-state index in [2.05, 4.69) is 5.32 Å². The second kappa shape index (κ2) is 8.70. The van der Waals surface area contributed by atoms with E-state index in [0.717, 1.165) is 5.75 Å². The van der Waals surface area contributed by atoms with Gasteiger partial charge in [0.05, 0.1) is 12.6 Å². The van der Waals surface area contributed by atoms with Gasteiger partial charge in [0, 0.05) is 11.4 Å². The fourth-order valence-electron chi connectivity index (χ4n) is 2.17. The van der Waals surface area contributed by atoms with Crippen LogP contribution in [0, 0.1) is 6.92 Å². The van der Waals surface area contributed by atoms with Crippen LogP contribution in [0.15, 0.2) is 41.8 Å². The summed E-state index contributed by atoms with van der Waals surface area (Å²) in [6, 6.07) is 12.1. The summed E-state index contributed by atoms with van der Waals surface area (Å²) in [5.74, 6) is 0.892. The Morgan fingerprint density at radius 1 is 1.30 bits per heavy atom. The van der Waals surface area contributed by atoms with Crippen molar-refractivity contribution < 1.29 is 9.53 Å². The Kier molecular flexibility index (Phi) is 6.62. The van der Waals surface area contributed by atoms with E-state index < -0.39 is 0 Å². The zero-order valence-corrected chi connectivity index (χ0v) is 14.7. The minimum absolute atomic E-state index is 0.0312. The molecule has 1 heterocycles. The van der Waals surface area contributed by atoms with Gasteiger partial charge >= 0.3 is 0 Å². The van der Waals surface area contributed by atoms with Gasteiger partial charge in [-0.05, 0) is 44.5 Å². The highest BCUT2D eigenvalue weighted by Crippen LogP contribution is 2.17. The van der Waals surface area contributed by atoms with Crippen LogP contribution >= 0.6 is 11.3 Å². The van der Waals surface area contributed by atoms with Crippen molar-refractivity contribution in [1.29, 1.82) is 0 Å². The zero-order chi connectivity index (χ0) is 16.7. The summed E-state index contributed by atoms with van der Waals surface area (Å²) in [7, 11) is 1.92. The molecule has 0 fully saturated rings. The predicted octanol–water partition coefficient (Wildman–Crippen LogP) is 3.24. The molecule has 23 heavy (non-hydrogen) atoms. The van der Waals surface area contributed by atoms with Crippen LogP contribution in [-0.2, 0) is 4.79 Å². The van der Waals surface area contributed by atoms with E-state index in [-0.39, 0.29) is 11.9 Å². The summed E-state index contributed by atoms with van der Waals surface area (Å²) < 4.78 is 5.68. The van der Waals surface area contributed by atoms with Crippen molar-refractivity contribution in [3.8, 4) is 5.75 Å². The number of hydrogen-bond donors (Lipinski definition) is 1. The molecule has 5 heteroatoms. The lowest BCUT2D eigenvalue weighted by Crippen LogP contribution is -2.37. The number of amides is 1. The fraction of sp³-hybridized carbons (Fsp3) is 0.389. The quantitative estimate of drug-likeness (QED) is 0.807. The smallest absolute Gasteiger partial charge is 0.234 e. The van der Waals surface area contributed by atoms with Crippen molar-refractivity contribution in [2.24, 2.45) is 0 Å². The molecule has 0 radical (unpaired) electrons. The normalized spacial score (nSPS) is 12.2. The van der Waals surface area contributed by atoms with Crippen LogP contribution in [0.25, 0.3) is 0 Å². The van der Waals surface area contributed by atoms with Gasteiger partial charge in [-0.15, -0.1) is 11.3 Å². The molecule has 0 aliphatic heterocycles. The van der Waals surface area contributed by atoms with Gasteiger partial charge in [0.25, 0.3) is 0 Å². The number of benzene rings is 1. The molecule has 0 saturated carbocycles. The average Bonchev–Trinajstić information content (AvgIpc) is 3.03.